The number of para-hydroxylation sites is 1. The topological polar surface area (TPSA) is 12.0 Å². The summed E-state index contributed by atoms with van der Waals surface area (Å²) in [7, 11) is 0. The highest BCUT2D eigenvalue weighted by Crippen LogP contribution is 2.32. The van der Waals surface area contributed by atoms with Crippen molar-refractivity contribution >= 4 is 21.6 Å². The number of nitrogens with one attached hydrogen (secondary N) is 1. The molecule has 2 heteroatoms. The predicted molar refractivity (Wildman–Crippen MR) is 73.7 cm³/mol. The molecule has 0 heterocycles. The van der Waals surface area contributed by atoms with Crippen molar-refractivity contribution in [2.75, 3.05) is 5.32 Å². The van der Waals surface area contributed by atoms with Crippen LogP contribution in [0.15, 0.2) is 28.7 Å². The summed E-state index contributed by atoms with van der Waals surface area (Å²) >= 11 is 3.59. The van der Waals surface area contributed by atoms with Crippen LogP contribution in [0.4, 0.5) is 5.69 Å². The summed E-state index contributed by atoms with van der Waals surface area (Å²) in [5.74, 6) is 1.70. The van der Waals surface area contributed by atoms with E-state index in [1.165, 1.54) is 29.4 Å². The summed E-state index contributed by atoms with van der Waals surface area (Å²) in [6, 6.07) is 9.02. The Bertz CT molecular complexity index is 340. The first-order chi connectivity index (χ1) is 7.65. The molecule has 0 bridgehead atoms. The summed E-state index contributed by atoms with van der Waals surface area (Å²) < 4.78 is 1.17. The fourth-order valence-electron chi connectivity index (χ4n) is 2.86. The molecule has 0 saturated heterocycles. The lowest BCUT2D eigenvalue weighted by molar-refractivity contribution is 0.281. The van der Waals surface area contributed by atoms with Gasteiger partial charge in [-0.1, -0.05) is 26.0 Å². The van der Waals surface area contributed by atoms with E-state index >= 15 is 0 Å². The van der Waals surface area contributed by atoms with E-state index < -0.39 is 0 Å². The molecule has 0 aliphatic heterocycles. The van der Waals surface area contributed by atoms with Gasteiger partial charge < -0.3 is 5.32 Å². The number of halogens is 1. The summed E-state index contributed by atoms with van der Waals surface area (Å²) in [5, 5.41) is 3.66. The lowest BCUT2D eigenvalue weighted by Crippen LogP contribution is -2.30. The fraction of sp³-hybridized carbons (Fsp3) is 0.571. The van der Waals surface area contributed by atoms with Gasteiger partial charge in [-0.25, -0.2) is 0 Å². The molecule has 2 rings (SSSR count). The maximum Gasteiger partial charge on any atom is 0.0486 e. The van der Waals surface area contributed by atoms with Crippen LogP contribution in [0, 0.1) is 11.8 Å². The molecule has 0 aromatic heterocycles. The molecule has 1 aliphatic carbocycles. The van der Waals surface area contributed by atoms with Gasteiger partial charge in [0.15, 0.2) is 0 Å². The highest BCUT2D eigenvalue weighted by Gasteiger charge is 2.23. The molecular weight excluding hydrogens is 262 g/mol. The third-order valence-corrected chi connectivity index (χ3v) is 4.10. The van der Waals surface area contributed by atoms with Gasteiger partial charge in [0.1, 0.15) is 0 Å². The van der Waals surface area contributed by atoms with Gasteiger partial charge >= 0.3 is 0 Å². The molecule has 16 heavy (non-hydrogen) atoms. The van der Waals surface area contributed by atoms with E-state index in [2.05, 4.69) is 59.4 Å². The molecule has 0 radical (unpaired) electrons. The quantitative estimate of drug-likeness (QED) is 0.830. The molecule has 2 atom stereocenters. The van der Waals surface area contributed by atoms with Crippen molar-refractivity contribution in [2.24, 2.45) is 11.8 Å². The Morgan fingerprint density at radius 2 is 1.69 bits per heavy atom. The van der Waals surface area contributed by atoms with Gasteiger partial charge in [0.25, 0.3) is 0 Å². The van der Waals surface area contributed by atoms with Gasteiger partial charge in [-0.15, -0.1) is 0 Å². The van der Waals surface area contributed by atoms with Gasteiger partial charge in [0, 0.05) is 16.2 Å². The van der Waals surface area contributed by atoms with E-state index in [0.717, 1.165) is 11.8 Å². The average molecular weight is 282 g/mol. The first-order valence-electron chi connectivity index (χ1n) is 6.16. The summed E-state index contributed by atoms with van der Waals surface area (Å²) in [6.45, 7) is 4.73. The SMILES string of the molecule is CC1CC(C)CC(Nc2ccccc2Br)C1. The van der Waals surface area contributed by atoms with Crippen LogP contribution in [0.5, 0.6) is 0 Å². The minimum atomic E-state index is 0.637. The van der Waals surface area contributed by atoms with Crippen LogP contribution in [0.3, 0.4) is 0 Å². The molecule has 2 unspecified atom stereocenters. The number of anilines is 1. The van der Waals surface area contributed by atoms with Crippen molar-refractivity contribution in [1.29, 1.82) is 0 Å². The van der Waals surface area contributed by atoms with Crippen LogP contribution in [-0.4, -0.2) is 6.04 Å². The number of benzene rings is 1. The third-order valence-electron chi connectivity index (χ3n) is 3.41. The second kappa shape index (κ2) is 5.22. The first kappa shape index (κ1) is 12.0. The van der Waals surface area contributed by atoms with Crippen molar-refractivity contribution in [3.8, 4) is 0 Å². The zero-order chi connectivity index (χ0) is 11.5. The Balaban J connectivity index is 2.02. The van der Waals surface area contributed by atoms with Crippen molar-refractivity contribution in [1.82, 2.24) is 0 Å². The summed E-state index contributed by atoms with van der Waals surface area (Å²) in [5.41, 5.74) is 1.23. The smallest absolute Gasteiger partial charge is 0.0486 e. The standard InChI is InChI=1S/C14H20BrN/c1-10-7-11(2)9-12(8-10)16-14-6-4-3-5-13(14)15/h3-6,10-12,16H,7-9H2,1-2H3. The first-order valence-corrected chi connectivity index (χ1v) is 6.95. The Morgan fingerprint density at radius 3 is 2.31 bits per heavy atom. The van der Waals surface area contributed by atoms with E-state index in [9.17, 15) is 0 Å². The normalized spacial score (nSPS) is 30.1. The molecule has 1 aliphatic rings. The van der Waals surface area contributed by atoms with Gasteiger partial charge in [-0.3, -0.25) is 0 Å². The van der Waals surface area contributed by atoms with Crippen molar-refractivity contribution in [3.63, 3.8) is 0 Å². The van der Waals surface area contributed by atoms with E-state index in [-0.39, 0.29) is 0 Å². The van der Waals surface area contributed by atoms with E-state index in [1.807, 2.05) is 0 Å². The largest absolute Gasteiger partial charge is 0.381 e. The zero-order valence-corrected chi connectivity index (χ0v) is 11.6. The Kier molecular flexibility index (Phi) is 3.91. The van der Waals surface area contributed by atoms with Crippen LogP contribution in [0.25, 0.3) is 0 Å². The summed E-state index contributed by atoms with van der Waals surface area (Å²) in [6.07, 6.45) is 3.98. The van der Waals surface area contributed by atoms with E-state index in [0.29, 0.717) is 6.04 Å². The Hall–Kier alpha value is -0.500. The van der Waals surface area contributed by atoms with E-state index in [1.54, 1.807) is 0 Å². The molecule has 1 N–H and O–H groups in total. The number of hydrogen-bond donors (Lipinski definition) is 1. The summed E-state index contributed by atoms with van der Waals surface area (Å²) in [4.78, 5) is 0. The lowest BCUT2D eigenvalue weighted by atomic mass is 9.80. The van der Waals surface area contributed by atoms with Crippen LogP contribution >= 0.6 is 15.9 Å². The van der Waals surface area contributed by atoms with Crippen LogP contribution in [0.1, 0.15) is 33.1 Å². The van der Waals surface area contributed by atoms with Crippen molar-refractivity contribution in [2.45, 2.75) is 39.2 Å². The maximum absolute atomic E-state index is 3.66. The van der Waals surface area contributed by atoms with Gasteiger partial charge in [0.2, 0.25) is 0 Å². The molecule has 1 nitrogen and oxygen atoms in total. The molecule has 1 aromatic carbocycles. The van der Waals surface area contributed by atoms with Crippen LogP contribution < -0.4 is 5.32 Å². The zero-order valence-electron chi connectivity index (χ0n) is 10.0. The molecule has 0 amide bonds. The number of hydrogen-bond acceptors (Lipinski definition) is 1. The molecule has 1 aromatic rings. The van der Waals surface area contributed by atoms with E-state index in [4.69, 9.17) is 0 Å². The molecule has 0 spiro atoms. The highest BCUT2D eigenvalue weighted by molar-refractivity contribution is 9.10. The molecule has 1 saturated carbocycles. The number of rotatable bonds is 2. The van der Waals surface area contributed by atoms with Gasteiger partial charge in [-0.05, 0) is 59.2 Å². The van der Waals surface area contributed by atoms with Crippen molar-refractivity contribution in [3.05, 3.63) is 28.7 Å². The second-order valence-corrected chi connectivity index (χ2v) is 6.09. The molecule has 88 valence electrons. The highest BCUT2D eigenvalue weighted by atomic mass is 79.9. The molecule has 1 fully saturated rings. The molecular formula is C14H20BrN. The van der Waals surface area contributed by atoms with Crippen molar-refractivity contribution < 1.29 is 0 Å². The second-order valence-electron chi connectivity index (χ2n) is 5.24. The third kappa shape index (κ3) is 3.00. The lowest BCUT2D eigenvalue weighted by Gasteiger charge is -2.32. The fourth-order valence-corrected chi connectivity index (χ4v) is 3.26. The van der Waals surface area contributed by atoms with Gasteiger partial charge in [-0.2, -0.15) is 0 Å². The monoisotopic (exact) mass is 281 g/mol. The Labute approximate surface area is 107 Å². The van der Waals surface area contributed by atoms with Crippen LogP contribution in [-0.2, 0) is 0 Å². The minimum absolute atomic E-state index is 0.637. The average Bonchev–Trinajstić information content (AvgIpc) is 2.20. The Morgan fingerprint density at radius 1 is 1.06 bits per heavy atom. The predicted octanol–water partition coefficient (Wildman–Crippen LogP) is 4.69. The van der Waals surface area contributed by atoms with Crippen LogP contribution in [0.2, 0.25) is 0 Å². The maximum atomic E-state index is 3.66. The minimum Gasteiger partial charge on any atom is -0.381 e. The van der Waals surface area contributed by atoms with Gasteiger partial charge in [0.05, 0.1) is 0 Å².